The summed E-state index contributed by atoms with van der Waals surface area (Å²) >= 11 is 0. The monoisotopic (exact) mass is 268 g/mol. The van der Waals surface area contributed by atoms with Crippen LogP contribution in [0.3, 0.4) is 0 Å². The Balaban J connectivity index is 4.10. The van der Waals surface area contributed by atoms with E-state index in [2.05, 4.69) is 4.74 Å². The number of hydrogen-bond donors (Lipinski definition) is 0. The zero-order chi connectivity index (χ0) is 13.3. The molecular formula is C10H21O6P. The summed E-state index contributed by atoms with van der Waals surface area (Å²) in [6.45, 7) is 7.25. The fraction of sp³-hybridized carbons (Fsp3) is 0.900. The second-order valence-electron chi connectivity index (χ2n) is 3.19. The average molecular weight is 268 g/mol. The van der Waals surface area contributed by atoms with E-state index in [-0.39, 0.29) is 32.4 Å². The Bertz CT molecular complexity index is 258. The summed E-state index contributed by atoms with van der Waals surface area (Å²) in [7, 11) is -3.24. The Morgan fingerprint density at radius 3 is 2.12 bits per heavy atom. The molecule has 0 rings (SSSR count). The summed E-state index contributed by atoms with van der Waals surface area (Å²) in [5.41, 5.74) is 0. The first-order valence-corrected chi connectivity index (χ1v) is 7.21. The van der Waals surface area contributed by atoms with Crippen LogP contribution in [-0.4, -0.2) is 38.2 Å². The van der Waals surface area contributed by atoms with Crippen molar-refractivity contribution < 1.29 is 27.9 Å². The highest BCUT2D eigenvalue weighted by Crippen LogP contribution is 2.53. The van der Waals surface area contributed by atoms with Crippen molar-refractivity contribution in [3.8, 4) is 0 Å². The zero-order valence-electron chi connectivity index (χ0n) is 10.8. The molecule has 0 amide bonds. The second kappa shape index (κ2) is 8.64. The molecule has 0 aromatic rings. The summed E-state index contributed by atoms with van der Waals surface area (Å²) in [6.07, 6.45) is 0. The Morgan fingerprint density at radius 2 is 1.71 bits per heavy atom. The summed E-state index contributed by atoms with van der Waals surface area (Å²) in [6, 6.07) is 0. The first-order chi connectivity index (χ1) is 7.96. The van der Waals surface area contributed by atoms with Gasteiger partial charge in [-0.2, -0.15) is 0 Å². The van der Waals surface area contributed by atoms with Crippen LogP contribution in [-0.2, 0) is 27.9 Å². The van der Waals surface area contributed by atoms with Gasteiger partial charge in [0.2, 0.25) is 0 Å². The fourth-order valence-corrected chi connectivity index (χ4v) is 2.60. The molecule has 0 aromatic heterocycles. The number of ether oxygens (including phenoxy) is 2. The summed E-state index contributed by atoms with van der Waals surface area (Å²) in [5, 5.41) is 0. The van der Waals surface area contributed by atoms with Gasteiger partial charge in [0.05, 0.1) is 19.8 Å². The fourth-order valence-electron chi connectivity index (χ4n) is 1.10. The van der Waals surface area contributed by atoms with Crippen LogP contribution in [0.25, 0.3) is 0 Å². The quantitative estimate of drug-likeness (QED) is 0.362. The van der Waals surface area contributed by atoms with E-state index in [0.29, 0.717) is 0 Å². The second-order valence-corrected chi connectivity index (χ2v) is 5.51. The predicted molar refractivity (Wildman–Crippen MR) is 62.9 cm³/mol. The first kappa shape index (κ1) is 16.6. The van der Waals surface area contributed by atoms with Crippen molar-refractivity contribution in [2.24, 2.45) is 0 Å². The summed E-state index contributed by atoms with van der Waals surface area (Å²) in [4.78, 5) is 10.5. The zero-order valence-corrected chi connectivity index (χ0v) is 11.7. The number of hydrogen-bond acceptors (Lipinski definition) is 6. The van der Waals surface area contributed by atoms with Gasteiger partial charge in [0.25, 0.3) is 0 Å². The molecule has 1 atom stereocenters. The Hall–Kier alpha value is -0.420. The van der Waals surface area contributed by atoms with Gasteiger partial charge in [0.1, 0.15) is 6.61 Å². The molecule has 0 aliphatic rings. The molecular weight excluding hydrogens is 247 g/mol. The van der Waals surface area contributed by atoms with Crippen LogP contribution < -0.4 is 0 Å². The molecule has 17 heavy (non-hydrogen) atoms. The third kappa shape index (κ3) is 6.78. The summed E-state index contributed by atoms with van der Waals surface area (Å²) < 4.78 is 32.3. The van der Waals surface area contributed by atoms with Crippen LogP contribution in [0.2, 0.25) is 0 Å². The highest BCUT2D eigenvalue weighted by atomic mass is 31.2. The standard InChI is InChI=1S/C10H21O6P/c1-5-15-17(12,16-6-2)10(4)14-8-7-13-9(3)11/h10H,5-8H2,1-4H3. The number of rotatable bonds is 9. The van der Waals surface area contributed by atoms with E-state index in [1.807, 2.05) is 0 Å². The van der Waals surface area contributed by atoms with Gasteiger partial charge in [-0.15, -0.1) is 0 Å². The van der Waals surface area contributed by atoms with E-state index in [4.69, 9.17) is 13.8 Å². The van der Waals surface area contributed by atoms with Gasteiger partial charge in [-0.3, -0.25) is 9.36 Å². The van der Waals surface area contributed by atoms with Gasteiger partial charge >= 0.3 is 13.6 Å². The molecule has 0 aliphatic carbocycles. The molecule has 0 heterocycles. The van der Waals surface area contributed by atoms with E-state index >= 15 is 0 Å². The van der Waals surface area contributed by atoms with Crippen molar-refractivity contribution in [2.45, 2.75) is 33.5 Å². The topological polar surface area (TPSA) is 71.1 Å². The molecule has 0 N–H and O–H groups in total. The Labute approximate surface area is 102 Å². The third-order valence-electron chi connectivity index (χ3n) is 1.81. The normalized spacial score (nSPS) is 13.4. The van der Waals surface area contributed by atoms with E-state index in [9.17, 15) is 9.36 Å². The summed E-state index contributed by atoms with van der Waals surface area (Å²) in [5.74, 6) is -1.06. The van der Waals surface area contributed by atoms with Crippen molar-refractivity contribution in [1.82, 2.24) is 0 Å². The maximum atomic E-state index is 12.2. The molecule has 0 saturated carbocycles. The largest absolute Gasteiger partial charge is 0.463 e. The van der Waals surface area contributed by atoms with Crippen LogP contribution in [0.15, 0.2) is 0 Å². The van der Waals surface area contributed by atoms with Crippen molar-refractivity contribution >= 4 is 13.6 Å². The van der Waals surface area contributed by atoms with E-state index in [1.54, 1.807) is 20.8 Å². The Kier molecular flexibility index (Phi) is 8.43. The third-order valence-corrected chi connectivity index (χ3v) is 4.09. The van der Waals surface area contributed by atoms with Gasteiger partial charge in [-0.05, 0) is 20.8 Å². The molecule has 0 bridgehead atoms. The number of carbonyl (C=O) groups excluding carboxylic acids is 1. The predicted octanol–water partition coefficient (Wildman–Crippen LogP) is 2.18. The van der Waals surface area contributed by atoms with Gasteiger partial charge in [0, 0.05) is 6.92 Å². The van der Waals surface area contributed by atoms with E-state index in [1.165, 1.54) is 6.92 Å². The number of esters is 1. The highest BCUT2D eigenvalue weighted by Gasteiger charge is 2.32. The molecule has 0 radical (unpaired) electrons. The molecule has 0 aromatic carbocycles. The van der Waals surface area contributed by atoms with Crippen LogP contribution in [0.1, 0.15) is 27.7 Å². The van der Waals surface area contributed by atoms with Crippen LogP contribution in [0, 0.1) is 0 Å². The van der Waals surface area contributed by atoms with Gasteiger partial charge in [0.15, 0.2) is 5.85 Å². The lowest BCUT2D eigenvalue weighted by atomic mass is 10.7. The molecule has 0 spiro atoms. The molecule has 1 unspecified atom stereocenters. The molecule has 102 valence electrons. The molecule has 0 aliphatic heterocycles. The minimum absolute atomic E-state index is 0.123. The van der Waals surface area contributed by atoms with Crippen molar-refractivity contribution in [3.63, 3.8) is 0 Å². The highest BCUT2D eigenvalue weighted by molar-refractivity contribution is 7.54. The Morgan fingerprint density at radius 1 is 1.18 bits per heavy atom. The van der Waals surface area contributed by atoms with Crippen LogP contribution in [0.4, 0.5) is 0 Å². The van der Waals surface area contributed by atoms with Crippen molar-refractivity contribution in [3.05, 3.63) is 0 Å². The smallest absolute Gasteiger partial charge is 0.358 e. The van der Waals surface area contributed by atoms with Gasteiger partial charge in [-0.25, -0.2) is 0 Å². The first-order valence-electron chi connectivity index (χ1n) is 5.60. The van der Waals surface area contributed by atoms with E-state index in [0.717, 1.165) is 0 Å². The minimum Gasteiger partial charge on any atom is -0.463 e. The maximum Gasteiger partial charge on any atom is 0.358 e. The van der Waals surface area contributed by atoms with Crippen LogP contribution in [0.5, 0.6) is 0 Å². The lowest BCUT2D eigenvalue weighted by molar-refractivity contribution is -0.142. The molecule has 6 nitrogen and oxygen atoms in total. The molecule has 7 heteroatoms. The average Bonchev–Trinajstić information content (AvgIpc) is 2.24. The van der Waals surface area contributed by atoms with Crippen molar-refractivity contribution in [1.29, 1.82) is 0 Å². The lowest BCUT2D eigenvalue weighted by Crippen LogP contribution is -2.17. The number of carbonyl (C=O) groups is 1. The van der Waals surface area contributed by atoms with E-state index < -0.39 is 13.4 Å². The van der Waals surface area contributed by atoms with Gasteiger partial charge < -0.3 is 18.5 Å². The lowest BCUT2D eigenvalue weighted by Gasteiger charge is -2.23. The van der Waals surface area contributed by atoms with Crippen molar-refractivity contribution in [2.75, 3.05) is 26.4 Å². The molecule has 0 fully saturated rings. The molecule has 0 saturated heterocycles. The van der Waals surface area contributed by atoms with Gasteiger partial charge in [-0.1, -0.05) is 0 Å². The van der Waals surface area contributed by atoms with Crippen LogP contribution >= 0.6 is 7.60 Å². The SMILES string of the molecule is CCOP(=O)(OCC)C(C)OCCOC(C)=O. The maximum absolute atomic E-state index is 12.2. The minimum atomic E-state index is -3.24.